The predicted molar refractivity (Wildman–Crippen MR) is 114 cm³/mol. The summed E-state index contributed by atoms with van der Waals surface area (Å²) < 4.78 is 0. The van der Waals surface area contributed by atoms with Gasteiger partial charge in [-0.3, -0.25) is 25.1 Å². The van der Waals surface area contributed by atoms with Gasteiger partial charge in [-0.25, -0.2) is 4.79 Å². The molecule has 2 heterocycles. The molecule has 158 valence electrons. The van der Waals surface area contributed by atoms with Crippen LogP contribution in [0.5, 0.6) is 0 Å². The number of carbonyl (C=O) groups excluding carboxylic acids is 3. The van der Waals surface area contributed by atoms with Gasteiger partial charge in [0.2, 0.25) is 11.8 Å². The van der Waals surface area contributed by atoms with Crippen molar-refractivity contribution < 1.29 is 14.4 Å². The minimum Gasteiger partial charge on any atom is -0.325 e. The van der Waals surface area contributed by atoms with Crippen LogP contribution in [0.15, 0.2) is 24.3 Å². The summed E-state index contributed by atoms with van der Waals surface area (Å²) in [5, 5.41) is 9.50. The molecule has 2 fully saturated rings. The summed E-state index contributed by atoms with van der Waals surface area (Å²) >= 11 is 1.41. The van der Waals surface area contributed by atoms with Crippen LogP contribution in [0.25, 0.3) is 0 Å². The highest BCUT2D eigenvalue weighted by atomic mass is 32.2. The van der Waals surface area contributed by atoms with Crippen molar-refractivity contribution in [3.63, 3.8) is 0 Å². The highest BCUT2D eigenvalue weighted by Gasteiger charge is 2.50. The minimum absolute atomic E-state index is 0.0235. The summed E-state index contributed by atoms with van der Waals surface area (Å²) in [7, 11) is 3.21. The molecule has 4 unspecified atom stereocenters. The Morgan fingerprint density at radius 2 is 1.93 bits per heavy atom. The molecule has 2 aliphatic heterocycles. The van der Waals surface area contributed by atoms with Crippen LogP contribution in [0, 0.1) is 12.8 Å². The lowest BCUT2D eigenvalue weighted by Gasteiger charge is -2.50. The van der Waals surface area contributed by atoms with Crippen LogP contribution in [0.2, 0.25) is 0 Å². The maximum Gasteiger partial charge on any atom is 0.327 e. The molecule has 1 aromatic carbocycles. The number of thioether (sulfide) groups is 1. The summed E-state index contributed by atoms with van der Waals surface area (Å²) in [6.45, 7) is 4.03. The average Bonchev–Trinajstić information content (AvgIpc) is 2.70. The maximum atomic E-state index is 12.9. The molecule has 0 spiro atoms. The summed E-state index contributed by atoms with van der Waals surface area (Å²) in [5.41, 5.74) is 1.79. The Bertz CT molecular complexity index is 789. The third-order valence-corrected chi connectivity index (χ3v) is 6.63. The van der Waals surface area contributed by atoms with E-state index >= 15 is 0 Å². The van der Waals surface area contributed by atoms with Crippen LogP contribution < -0.4 is 16.0 Å². The van der Waals surface area contributed by atoms with E-state index in [9.17, 15) is 14.4 Å². The molecule has 2 saturated heterocycles. The SMILES string of the molecule is CCCC1NC(SCC(=O)Nc2ccccc2C)C2C(=O)N(C)C(=O)N(C)C2N1. The first-order valence-electron chi connectivity index (χ1n) is 9.87. The summed E-state index contributed by atoms with van der Waals surface area (Å²) in [4.78, 5) is 40.5. The van der Waals surface area contributed by atoms with Crippen molar-refractivity contribution >= 4 is 35.3 Å². The number of urea groups is 1. The maximum absolute atomic E-state index is 12.9. The Balaban J connectivity index is 1.71. The molecule has 2 aliphatic rings. The number of nitrogens with one attached hydrogen (secondary N) is 3. The average molecular weight is 420 g/mol. The number of fused-ring (bicyclic) bond motifs is 1. The zero-order valence-electron chi connectivity index (χ0n) is 17.3. The number of nitrogens with zero attached hydrogens (tertiary/aromatic N) is 2. The molecular formula is C20H29N5O3S. The first-order chi connectivity index (χ1) is 13.8. The van der Waals surface area contributed by atoms with Gasteiger partial charge < -0.3 is 10.2 Å². The molecule has 0 bridgehead atoms. The number of hydrogen-bond donors (Lipinski definition) is 3. The number of aryl methyl sites for hydroxylation is 1. The number of anilines is 1. The van der Waals surface area contributed by atoms with E-state index in [1.54, 1.807) is 11.9 Å². The van der Waals surface area contributed by atoms with Crippen LogP contribution in [0.1, 0.15) is 25.3 Å². The predicted octanol–water partition coefficient (Wildman–Crippen LogP) is 1.78. The first-order valence-corrected chi connectivity index (χ1v) is 10.9. The van der Waals surface area contributed by atoms with Crippen LogP contribution in [0.4, 0.5) is 10.5 Å². The lowest BCUT2D eigenvalue weighted by atomic mass is 9.96. The van der Waals surface area contributed by atoms with Gasteiger partial charge in [-0.15, -0.1) is 11.8 Å². The second kappa shape index (κ2) is 9.15. The molecule has 0 aromatic heterocycles. The smallest absolute Gasteiger partial charge is 0.325 e. The molecule has 0 radical (unpaired) electrons. The first kappa shape index (κ1) is 21.6. The van der Waals surface area contributed by atoms with Crippen LogP contribution >= 0.6 is 11.8 Å². The van der Waals surface area contributed by atoms with Gasteiger partial charge in [-0.2, -0.15) is 0 Å². The van der Waals surface area contributed by atoms with Crippen LogP contribution in [-0.2, 0) is 9.59 Å². The van der Waals surface area contributed by atoms with Gasteiger partial charge in [-0.05, 0) is 25.0 Å². The topological polar surface area (TPSA) is 93.8 Å². The molecular weight excluding hydrogens is 390 g/mol. The van der Waals surface area contributed by atoms with E-state index in [4.69, 9.17) is 0 Å². The number of carbonyl (C=O) groups is 3. The van der Waals surface area contributed by atoms with Gasteiger partial charge in [0.1, 0.15) is 0 Å². The van der Waals surface area contributed by atoms with E-state index in [1.165, 1.54) is 18.8 Å². The van der Waals surface area contributed by atoms with Crippen LogP contribution in [0.3, 0.4) is 0 Å². The summed E-state index contributed by atoms with van der Waals surface area (Å²) in [6.07, 6.45) is 1.41. The van der Waals surface area contributed by atoms with E-state index in [2.05, 4.69) is 22.9 Å². The van der Waals surface area contributed by atoms with Gasteiger partial charge in [0.25, 0.3) is 0 Å². The number of amides is 4. The second-order valence-electron chi connectivity index (χ2n) is 7.53. The number of para-hydroxylation sites is 1. The lowest BCUT2D eigenvalue weighted by molar-refractivity contribution is -0.140. The third-order valence-electron chi connectivity index (χ3n) is 5.42. The summed E-state index contributed by atoms with van der Waals surface area (Å²) in [5.74, 6) is -0.603. The van der Waals surface area contributed by atoms with Crippen molar-refractivity contribution in [2.75, 3.05) is 25.2 Å². The highest BCUT2D eigenvalue weighted by Crippen LogP contribution is 2.32. The Morgan fingerprint density at radius 3 is 2.62 bits per heavy atom. The Morgan fingerprint density at radius 1 is 1.21 bits per heavy atom. The molecule has 4 amide bonds. The molecule has 0 aliphatic carbocycles. The van der Waals surface area contributed by atoms with Gasteiger partial charge in [-0.1, -0.05) is 31.5 Å². The van der Waals surface area contributed by atoms with E-state index in [1.807, 2.05) is 31.2 Å². The van der Waals surface area contributed by atoms with Crippen molar-refractivity contribution in [1.82, 2.24) is 20.4 Å². The third kappa shape index (κ3) is 4.57. The van der Waals surface area contributed by atoms with Gasteiger partial charge >= 0.3 is 6.03 Å². The zero-order chi connectivity index (χ0) is 21.1. The van der Waals surface area contributed by atoms with E-state index in [0.717, 1.165) is 29.0 Å². The zero-order valence-corrected chi connectivity index (χ0v) is 18.1. The second-order valence-corrected chi connectivity index (χ2v) is 8.66. The standard InChI is InChI=1S/C20H29N5O3S/c1-5-8-14-22-17-16(19(27)25(4)20(28)24(17)3)18(23-14)29-11-15(26)21-13-10-7-6-9-12(13)2/h6-7,9-10,14,16-18,22-23H,5,8,11H2,1-4H3,(H,21,26). The van der Waals surface area contributed by atoms with Crippen molar-refractivity contribution in [2.24, 2.45) is 5.92 Å². The number of benzene rings is 1. The number of hydrogen-bond acceptors (Lipinski definition) is 6. The van der Waals surface area contributed by atoms with E-state index < -0.39 is 5.92 Å². The fraction of sp³-hybridized carbons (Fsp3) is 0.550. The van der Waals surface area contributed by atoms with Gasteiger partial charge in [0.15, 0.2) is 0 Å². The fourth-order valence-electron chi connectivity index (χ4n) is 3.79. The van der Waals surface area contributed by atoms with E-state index in [0.29, 0.717) is 0 Å². The molecule has 4 atom stereocenters. The monoisotopic (exact) mass is 419 g/mol. The van der Waals surface area contributed by atoms with Crippen molar-refractivity contribution in [3.8, 4) is 0 Å². The molecule has 1 aromatic rings. The minimum atomic E-state index is -0.466. The van der Waals surface area contributed by atoms with Gasteiger partial charge in [0, 0.05) is 19.8 Å². The molecule has 3 N–H and O–H groups in total. The normalized spacial score (nSPS) is 27.0. The Labute approximate surface area is 175 Å². The largest absolute Gasteiger partial charge is 0.327 e. The highest BCUT2D eigenvalue weighted by molar-refractivity contribution is 8.00. The van der Waals surface area contributed by atoms with Crippen molar-refractivity contribution in [1.29, 1.82) is 0 Å². The fourth-order valence-corrected chi connectivity index (χ4v) is 4.92. The molecule has 29 heavy (non-hydrogen) atoms. The lowest BCUT2D eigenvalue weighted by Crippen LogP contribution is -2.74. The Hall–Kier alpha value is -2.10. The van der Waals surface area contributed by atoms with Crippen LogP contribution in [-0.4, -0.2) is 65.2 Å². The van der Waals surface area contributed by atoms with Gasteiger partial charge in [0.05, 0.1) is 29.4 Å². The van der Waals surface area contributed by atoms with Crippen molar-refractivity contribution in [2.45, 2.75) is 44.4 Å². The number of imide groups is 1. The molecule has 3 rings (SSSR count). The van der Waals surface area contributed by atoms with Crippen molar-refractivity contribution in [3.05, 3.63) is 29.8 Å². The van der Waals surface area contributed by atoms with E-state index in [-0.39, 0.29) is 41.3 Å². The molecule has 8 nitrogen and oxygen atoms in total. The summed E-state index contributed by atoms with van der Waals surface area (Å²) in [6, 6.07) is 7.31. The quantitative estimate of drug-likeness (QED) is 0.651. The molecule has 9 heteroatoms. The Kier molecular flexibility index (Phi) is 6.81. The number of rotatable bonds is 6. The molecule has 0 saturated carbocycles.